The molecule has 2 rings (SSSR count). The third-order valence-electron chi connectivity index (χ3n) is 7.02. The standard InChI is InChI=1S/C31H43FO.C2H4O2.2CH4.H2/c1-8-22(5)31(30(11-4)24(7)33-29-19-17-28(32)18-20-29)23(6)13-12-14-25-15-16-26(9-2)27(10-3)21-25;1-4-2-3;;;/h15-21,23,30H,7-14H2,1-6H3;2H,1H3;2*1H4;1H/b31-22+;;;;. The van der Waals surface area contributed by atoms with E-state index >= 15 is 0 Å². The lowest BCUT2D eigenvalue weighted by Crippen LogP contribution is -2.18. The highest BCUT2D eigenvalue weighted by molar-refractivity contribution is 5.36. The zero-order chi connectivity index (χ0) is 27.8. The van der Waals surface area contributed by atoms with Crippen molar-refractivity contribution in [2.75, 3.05) is 7.11 Å². The lowest BCUT2D eigenvalue weighted by molar-refractivity contribution is -0.126. The van der Waals surface area contributed by atoms with Gasteiger partial charge in [0.15, 0.2) is 0 Å². The van der Waals surface area contributed by atoms with Gasteiger partial charge in [0, 0.05) is 7.34 Å². The van der Waals surface area contributed by atoms with Gasteiger partial charge in [-0.3, -0.25) is 4.79 Å². The maximum atomic E-state index is 13.3. The first kappa shape index (κ1) is 38.3. The number of aryl methyl sites for hydroxylation is 3. The van der Waals surface area contributed by atoms with Crippen LogP contribution in [0.1, 0.15) is 100 Å². The minimum absolute atomic E-state index is 0. The number of hydrogen-bond donors (Lipinski definition) is 0. The smallest absolute Gasteiger partial charge is 0.292 e. The van der Waals surface area contributed by atoms with Gasteiger partial charge in [-0.15, -0.1) is 0 Å². The topological polar surface area (TPSA) is 35.5 Å². The molecule has 222 valence electrons. The number of halogens is 1. The van der Waals surface area contributed by atoms with Crippen molar-refractivity contribution in [3.8, 4) is 5.75 Å². The second-order valence-corrected chi connectivity index (χ2v) is 9.51. The van der Waals surface area contributed by atoms with Crippen LogP contribution in [0.2, 0.25) is 0 Å². The fourth-order valence-electron chi connectivity index (χ4n) is 4.89. The summed E-state index contributed by atoms with van der Waals surface area (Å²) in [6.07, 6.45) is 7.59. The Morgan fingerprint density at radius 3 is 2.10 bits per heavy atom. The van der Waals surface area contributed by atoms with Crippen LogP contribution < -0.4 is 4.74 Å². The molecule has 0 amide bonds. The number of benzene rings is 2. The Kier molecular flexibility index (Phi) is 20.6. The van der Waals surface area contributed by atoms with Crippen LogP contribution in [-0.4, -0.2) is 13.6 Å². The van der Waals surface area contributed by atoms with Crippen LogP contribution in [0.15, 0.2) is 65.9 Å². The van der Waals surface area contributed by atoms with Crippen molar-refractivity contribution in [2.45, 2.75) is 101 Å². The predicted molar refractivity (Wildman–Crippen MR) is 169 cm³/mol. The Balaban J connectivity index is -0.00000183. The Bertz CT molecular complexity index is 998. The van der Waals surface area contributed by atoms with Gasteiger partial charge in [-0.1, -0.05) is 85.4 Å². The number of ether oxygens (including phenoxy) is 2. The molecule has 0 aliphatic heterocycles. The van der Waals surface area contributed by atoms with E-state index in [0.29, 0.717) is 18.1 Å². The summed E-state index contributed by atoms with van der Waals surface area (Å²) in [7, 11) is 1.31. The minimum atomic E-state index is -0.258. The number of rotatable bonds is 14. The monoisotopic (exact) mass is 544 g/mol. The summed E-state index contributed by atoms with van der Waals surface area (Å²) >= 11 is 0. The second kappa shape index (κ2) is 21.0. The van der Waals surface area contributed by atoms with Gasteiger partial charge in [-0.25, -0.2) is 4.39 Å². The average Bonchev–Trinajstić information content (AvgIpc) is 2.92. The highest BCUT2D eigenvalue weighted by atomic mass is 19.1. The first-order valence-corrected chi connectivity index (χ1v) is 13.6. The van der Waals surface area contributed by atoms with Gasteiger partial charge >= 0.3 is 0 Å². The second-order valence-electron chi connectivity index (χ2n) is 9.51. The third kappa shape index (κ3) is 12.7. The van der Waals surface area contributed by atoms with E-state index in [1.807, 2.05) is 0 Å². The molecule has 0 N–H and O–H groups in total. The average molecular weight is 545 g/mol. The maximum absolute atomic E-state index is 13.3. The van der Waals surface area contributed by atoms with Gasteiger partial charge in [-0.2, -0.15) is 0 Å². The van der Waals surface area contributed by atoms with Crippen molar-refractivity contribution >= 4 is 6.47 Å². The predicted octanol–water partition coefficient (Wildman–Crippen LogP) is 10.6. The van der Waals surface area contributed by atoms with Gasteiger partial charge in [0.05, 0.1) is 7.11 Å². The summed E-state index contributed by atoms with van der Waals surface area (Å²) in [5, 5.41) is 0. The number of carbonyl (C=O) groups is 1. The summed E-state index contributed by atoms with van der Waals surface area (Å²) < 4.78 is 23.2. The van der Waals surface area contributed by atoms with Crippen molar-refractivity contribution in [3.05, 3.63) is 88.5 Å². The number of carbonyl (C=O) groups excluding carboxylic acids is 1. The van der Waals surface area contributed by atoms with E-state index in [0.717, 1.165) is 50.7 Å². The number of allylic oxidation sites excluding steroid dienone is 2. The molecule has 2 aromatic rings. The van der Waals surface area contributed by atoms with Crippen molar-refractivity contribution in [3.63, 3.8) is 0 Å². The number of methoxy groups -OCH3 is 1. The van der Waals surface area contributed by atoms with Gasteiger partial charge < -0.3 is 9.47 Å². The maximum Gasteiger partial charge on any atom is 0.292 e. The molecule has 0 spiro atoms. The van der Waals surface area contributed by atoms with Crippen LogP contribution in [-0.2, 0) is 28.8 Å². The zero-order valence-corrected chi connectivity index (χ0v) is 24.0. The van der Waals surface area contributed by atoms with Gasteiger partial charge in [0.1, 0.15) is 17.3 Å². The van der Waals surface area contributed by atoms with E-state index in [4.69, 9.17) is 9.53 Å². The molecule has 4 heteroatoms. The molecule has 0 aliphatic rings. The van der Waals surface area contributed by atoms with Gasteiger partial charge in [-0.05, 0) is 98.7 Å². The van der Waals surface area contributed by atoms with Crippen LogP contribution in [0.3, 0.4) is 0 Å². The molecule has 2 unspecified atom stereocenters. The van der Waals surface area contributed by atoms with Crippen molar-refractivity contribution in [2.24, 2.45) is 11.8 Å². The molecule has 0 heterocycles. The van der Waals surface area contributed by atoms with Crippen LogP contribution in [0.4, 0.5) is 4.39 Å². The molecule has 0 saturated heterocycles. The van der Waals surface area contributed by atoms with Crippen LogP contribution in [0.25, 0.3) is 0 Å². The van der Waals surface area contributed by atoms with E-state index in [1.54, 1.807) is 12.1 Å². The van der Waals surface area contributed by atoms with Crippen LogP contribution in [0, 0.1) is 17.7 Å². The minimum Gasteiger partial charge on any atom is -0.471 e. The normalized spacial score (nSPS) is 12.3. The first-order valence-electron chi connectivity index (χ1n) is 13.6. The number of hydrogen-bond acceptors (Lipinski definition) is 3. The fraction of sp³-hybridized carbons (Fsp3) is 0.514. The van der Waals surface area contributed by atoms with E-state index < -0.39 is 0 Å². The Hall–Kier alpha value is -2.88. The highest BCUT2D eigenvalue weighted by Crippen LogP contribution is 2.36. The SMILES string of the molecule is C.C.C=C(Oc1ccc(F)cc1)C(CC)/C(=C(\C)CC)C(C)CCCc1ccc(CC)c(CC)c1.COC=O.[HH]. The van der Waals surface area contributed by atoms with Gasteiger partial charge in [0.2, 0.25) is 0 Å². The quantitative estimate of drug-likeness (QED) is 0.135. The lowest BCUT2D eigenvalue weighted by atomic mass is 9.80. The molecule has 39 heavy (non-hydrogen) atoms. The van der Waals surface area contributed by atoms with Crippen molar-refractivity contribution in [1.29, 1.82) is 0 Å². The van der Waals surface area contributed by atoms with Crippen LogP contribution >= 0.6 is 0 Å². The summed E-state index contributed by atoms with van der Waals surface area (Å²) in [4.78, 5) is 8.95. The lowest BCUT2D eigenvalue weighted by Gasteiger charge is -2.28. The van der Waals surface area contributed by atoms with Crippen LogP contribution in [0.5, 0.6) is 5.75 Å². The van der Waals surface area contributed by atoms with Crippen molar-refractivity contribution < 1.29 is 20.1 Å². The fourth-order valence-corrected chi connectivity index (χ4v) is 4.89. The summed E-state index contributed by atoms with van der Waals surface area (Å²) in [5.41, 5.74) is 7.31. The Labute approximate surface area is 241 Å². The molecule has 0 aliphatic carbocycles. The zero-order valence-electron chi connectivity index (χ0n) is 24.0. The van der Waals surface area contributed by atoms with E-state index in [2.05, 4.69) is 71.1 Å². The third-order valence-corrected chi connectivity index (χ3v) is 7.02. The molecular weight excluding hydrogens is 487 g/mol. The summed E-state index contributed by atoms with van der Waals surface area (Å²) in [5.74, 6) is 1.76. The summed E-state index contributed by atoms with van der Waals surface area (Å²) in [6, 6.07) is 13.2. The molecule has 2 aromatic carbocycles. The molecule has 3 nitrogen and oxygen atoms in total. The first-order chi connectivity index (χ1) is 17.8. The molecule has 0 radical (unpaired) electrons. The van der Waals surface area contributed by atoms with E-state index in [9.17, 15) is 4.39 Å². The van der Waals surface area contributed by atoms with E-state index in [1.165, 1.54) is 47.1 Å². The molecule has 0 aromatic heterocycles. The Morgan fingerprint density at radius 2 is 1.62 bits per heavy atom. The summed E-state index contributed by atoms with van der Waals surface area (Å²) in [6.45, 7) is 18.1. The highest BCUT2D eigenvalue weighted by Gasteiger charge is 2.24. The largest absolute Gasteiger partial charge is 0.471 e. The Morgan fingerprint density at radius 1 is 1.03 bits per heavy atom. The molecule has 0 bridgehead atoms. The molecule has 0 saturated carbocycles. The molecule has 0 fully saturated rings. The van der Waals surface area contributed by atoms with Crippen molar-refractivity contribution in [1.82, 2.24) is 0 Å². The van der Waals surface area contributed by atoms with E-state index in [-0.39, 0.29) is 28.0 Å². The molecule has 2 atom stereocenters. The van der Waals surface area contributed by atoms with Gasteiger partial charge in [0.25, 0.3) is 6.47 Å². The molecular formula is C35H57FO3.